The minimum atomic E-state index is 0.0306. The quantitative estimate of drug-likeness (QED) is 0.709. The lowest BCUT2D eigenvalue weighted by atomic mass is 10.1. The smallest absolute Gasteiger partial charge is 0.138 e. The maximum Gasteiger partial charge on any atom is 0.138 e. The van der Waals surface area contributed by atoms with E-state index in [2.05, 4.69) is 4.90 Å². The summed E-state index contributed by atoms with van der Waals surface area (Å²) < 4.78 is 5.75. The molecule has 2 aliphatic rings. The number of ether oxygens (including phenoxy) is 1. The standard InChI is InChI=1S/C16H21Cl2NO/c17-14(7-10-19-8-1-2-9-19)12-3-6-16(15(18)11-12)20-13-4-5-13/h3,6,11,13-14H,1-2,4-5,7-10H2. The van der Waals surface area contributed by atoms with Crippen molar-refractivity contribution >= 4 is 23.2 Å². The number of rotatable bonds is 6. The third-order valence-electron chi connectivity index (χ3n) is 4.03. The third-order valence-corrected chi connectivity index (χ3v) is 4.80. The number of likely N-dealkylation sites (tertiary alicyclic amines) is 1. The zero-order valence-electron chi connectivity index (χ0n) is 11.7. The van der Waals surface area contributed by atoms with Crippen LogP contribution in [0, 0.1) is 0 Å². The average Bonchev–Trinajstić information content (AvgIpc) is 3.11. The Kier molecular flexibility index (Phi) is 4.75. The summed E-state index contributed by atoms with van der Waals surface area (Å²) in [6, 6.07) is 5.97. The topological polar surface area (TPSA) is 12.5 Å². The summed E-state index contributed by atoms with van der Waals surface area (Å²) in [6.07, 6.45) is 6.29. The van der Waals surface area contributed by atoms with Crippen molar-refractivity contribution in [2.75, 3.05) is 19.6 Å². The van der Waals surface area contributed by atoms with Gasteiger partial charge < -0.3 is 9.64 Å². The Morgan fingerprint density at radius 1 is 1.25 bits per heavy atom. The minimum absolute atomic E-state index is 0.0306. The highest BCUT2D eigenvalue weighted by atomic mass is 35.5. The van der Waals surface area contributed by atoms with E-state index in [0.29, 0.717) is 11.1 Å². The van der Waals surface area contributed by atoms with Crippen molar-refractivity contribution in [2.45, 2.75) is 43.6 Å². The number of alkyl halides is 1. The van der Waals surface area contributed by atoms with E-state index in [1.165, 1.54) is 25.9 Å². The zero-order valence-corrected chi connectivity index (χ0v) is 13.2. The van der Waals surface area contributed by atoms with Gasteiger partial charge in [-0.25, -0.2) is 0 Å². The lowest BCUT2D eigenvalue weighted by Crippen LogP contribution is -2.21. The summed E-state index contributed by atoms with van der Waals surface area (Å²) >= 11 is 12.8. The Balaban J connectivity index is 1.56. The van der Waals surface area contributed by atoms with E-state index in [4.69, 9.17) is 27.9 Å². The molecule has 2 fully saturated rings. The molecule has 0 spiro atoms. The van der Waals surface area contributed by atoms with Gasteiger partial charge in [-0.1, -0.05) is 17.7 Å². The SMILES string of the molecule is Clc1cc(C(Cl)CCN2CCCC2)ccc1OC1CC1. The summed E-state index contributed by atoms with van der Waals surface area (Å²) in [6.45, 7) is 3.52. The maximum absolute atomic E-state index is 6.50. The van der Waals surface area contributed by atoms with Crippen LogP contribution in [-0.4, -0.2) is 30.6 Å². The molecule has 0 N–H and O–H groups in total. The van der Waals surface area contributed by atoms with Gasteiger partial charge in [0.25, 0.3) is 0 Å². The fourth-order valence-electron chi connectivity index (χ4n) is 2.64. The van der Waals surface area contributed by atoms with Gasteiger partial charge in [0.1, 0.15) is 5.75 Å². The maximum atomic E-state index is 6.50. The molecule has 1 unspecified atom stereocenters. The van der Waals surface area contributed by atoms with Crippen molar-refractivity contribution < 1.29 is 4.74 Å². The van der Waals surface area contributed by atoms with Crippen LogP contribution < -0.4 is 4.74 Å². The number of nitrogens with zero attached hydrogens (tertiary/aromatic N) is 1. The first-order valence-corrected chi connectivity index (χ1v) is 8.36. The molecule has 1 aromatic carbocycles. The zero-order chi connectivity index (χ0) is 13.9. The molecule has 0 radical (unpaired) electrons. The van der Waals surface area contributed by atoms with E-state index in [1.54, 1.807) is 0 Å². The second-order valence-corrected chi connectivity index (χ2v) is 6.75. The van der Waals surface area contributed by atoms with Crippen LogP contribution in [0.15, 0.2) is 18.2 Å². The highest BCUT2D eigenvalue weighted by Gasteiger charge is 2.24. The molecule has 0 bridgehead atoms. The predicted octanol–water partition coefficient (Wildman–Crippen LogP) is 4.65. The van der Waals surface area contributed by atoms with Gasteiger partial charge in [0.2, 0.25) is 0 Å². The van der Waals surface area contributed by atoms with Crippen LogP contribution in [0.1, 0.15) is 43.0 Å². The Hall–Kier alpha value is -0.440. The van der Waals surface area contributed by atoms with Gasteiger partial charge >= 0.3 is 0 Å². The van der Waals surface area contributed by atoms with E-state index in [-0.39, 0.29) is 5.38 Å². The van der Waals surface area contributed by atoms with Gasteiger partial charge in [0, 0.05) is 0 Å². The lowest BCUT2D eigenvalue weighted by Gasteiger charge is -2.17. The average molecular weight is 314 g/mol. The highest BCUT2D eigenvalue weighted by molar-refractivity contribution is 6.32. The van der Waals surface area contributed by atoms with Crippen molar-refractivity contribution in [1.82, 2.24) is 4.90 Å². The highest BCUT2D eigenvalue weighted by Crippen LogP contribution is 2.35. The van der Waals surface area contributed by atoms with Crippen molar-refractivity contribution in [3.63, 3.8) is 0 Å². The Bertz CT molecular complexity index is 456. The molecule has 1 aliphatic carbocycles. The van der Waals surface area contributed by atoms with Crippen molar-refractivity contribution in [3.05, 3.63) is 28.8 Å². The molecular weight excluding hydrogens is 293 g/mol. The fraction of sp³-hybridized carbons (Fsp3) is 0.625. The van der Waals surface area contributed by atoms with Crippen LogP contribution in [0.25, 0.3) is 0 Å². The predicted molar refractivity (Wildman–Crippen MR) is 84.0 cm³/mol. The van der Waals surface area contributed by atoms with Crippen LogP contribution in [-0.2, 0) is 0 Å². The molecule has 20 heavy (non-hydrogen) atoms. The van der Waals surface area contributed by atoms with Crippen LogP contribution in [0.5, 0.6) is 5.75 Å². The second kappa shape index (κ2) is 6.55. The molecule has 4 heteroatoms. The van der Waals surface area contributed by atoms with Gasteiger partial charge in [-0.2, -0.15) is 0 Å². The Morgan fingerprint density at radius 2 is 2.00 bits per heavy atom. The van der Waals surface area contributed by atoms with E-state index in [9.17, 15) is 0 Å². The molecule has 1 aliphatic heterocycles. The van der Waals surface area contributed by atoms with Crippen LogP contribution in [0.2, 0.25) is 5.02 Å². The number of benzene rings is 1. The van der Waals surface area contributed by atoms with E-state index in [1.807, 2.05) is 18.2 Å². The number of halogens is 2. The van der Waals surface area contributed by atoms with Gasteiger partial charge in [-0.05, 0) is 69.4 Å². The molecule has 1 heterocycles. The number of hydrogen-bond donors (Lipinski definition) is 0. The molecule has 110 valence electrons. The summed E-state index contributed by atoms with van der Waals surface area (Å²) in [4.78, 5) is 2.49. The molecule has 0 amide bonds. The van der Waals surface area contributed by atoms with Crippen molar-refractivity contribution in [3.8, 4) is 5.75 Å². The molecule has 1 saturated heterocycles. The minimum Gasteiger partial charge on any atom is -0.489 e. The number of hydrogen-bond acceptors (Lipinski definition) is 2. The lowest BCUT2D eigenvalue weighted by molar-refractivity contribution is 0.303. The molecule has 1 aromatic rings. The first-order chi connectivity index (χ1) is 9.72. The molecule has 3 rings (SSSR count). The van der Waals surface area contributed by atoms with E-state index >= 15 is 0 Å². The van der Waals surface area contributed by atoms with E-state index in [0.717, 1.165) is 37.1 Å². The molecule has 1 saturated carbocycles. The molecule has 1 atom stereocenters. The summed E-state index contributed by atoms with van der Waals surface area (Å²) in [5, 5.41) is 0.712. The fourth-order valence-corrected chi connectivity index (χ4v) is 3.11. The van der Waals surface area contributed by atoms with Gasteiger partial charge in [0.05, 0.1) is 16.5 Å². The van der Waals surface area contributed by atoms with Gasteiger partial charge in [0.15, 0.2) is 0 Å². The molecular formula is C16H21Cl2NO. The largest absolute Gasteiger partial charge is 0.489 e. The first-order valence-electron chi connectivity index (χ1n) is 7.55. The summed E-state index contributed by atoms with van der Waals surface area (Å²) in [5.74, 6) is 0.793. The normalized spacial score (nSPS) is 21.1. The van der Waals surface area contributed by atoms with Gasteiger partial charge in [-0.3, -0.25) is 0 Å². The molecule has 0 aromatic heterocycles. The van der Waals surface area contributed by atoms with Crippen LogP contribution in [0.4, 0.5) is 0 Å². The van der Waals surface area contributed by atoms with Crippen LogP contribution >= 0.6 is 23.2 Å². The molecule has 2 nitrogen and oxygen atoms in total. The Labute approximate surface area is 131 Å². The summed E-state index contributed by atoms with van der Waals surface area (Å²) in [5.41, 5.74) is 1.10. The Morgan fingerprint density at radius 3 is 2.65 bits per heavy atom. The first kappa shape index (κ1) is 14.5. The van der Waals surface area contributed by atoms with E-state index < -0.39 is 0 Å². The van der Waals surface area contributed by atoms with Crippen LogP contribution in [0.3, 0.4) is 0 Å². The monoisotopic (exact) mass is 313 g/mol. The van der Waals surface area contributed by atoms with Crippen molar-refractivity contribution in [1.29, 1.82) is 0 Å². The second-order valence-electron chi connectivity index (χ2n) is 5.81. The third kappa shape index (κ3) is 3.81. The van der Waals surface area contributed by atoms with Gasteiger partial charge in [-0.15, -0.1) is 11.6 Å². The van der Waals surface area contributed by atoms with Crippen molar-refractivity contribution in [2.24, 2.45) is 0 Å². The summed E-state index contributed by atoms with van der Waals surface area (Å²) in [7, 11) is 0.